The van der Waals surface area contributed by atoms with Gasteiger partial charge in [-0.2, -0.15) is 13.2 Å². The molecule has 4 aromatic rings. The lowest BCUT2D eigenvalue weighted by molar-refractivity contribution is -0.139. The highest BCUT2D eigenvalue weighted by atomic mass is 32.1. The van der Waals surface area contributed by atoms with Crippen molar-refractivity contribution in [2.75, 3.05) is 43.0 Å². The highest BCUT2D eigenvalue weighted by Gasteiger charge is 2.44. The van der Waals surface area contributed by atoms with E-state index < -0.39 is 29.4 Å². The van der Waals surface area contributed by atoms with Crippen LogP contribution in [0.15, 0.2) is 42.6 Å². The molecule has 0 aliphatic carbocycles. The number of carbonyl (C=O) groups is 2. The van der Waals surface area contributed by atoms with Gasteiger partial charge in [0.1, 0.15) is 17.1 Å². The number of hydrogen-bond donors (Lipinski definition) is 2. The molecule has 2 fully saturated rings. The van der Waals surface area contributed by atoms with Gasteiger partial charge in [-0.3, -0.25) is 9.59 Å². The van der Waals surface area contributed by atoms with Crippen molar-refractivity contribution in [1.82, 2.24) is 9.97 Å². The van der Waals surface area contributed by atoms with Gasteiger partial charge in [-0.05, 0) is 36.8 Å². The molecule has 2 unspecified atom stereocenters. The third kappa shape index (κ3) is 5.29. The average Bonchev–Trinajstić information content (AvgIpc) is 3.40. The molecule has 43 heavy (non-hydrogen) atoms. The normalized spacial score (nSPS) is 17.8. The van der Waals surface area contributed by atoms with Crippen molar-refractivity contribution in [3.63, 3.8) is 0 Å². The molecule has 6 rings (SSSR count). The Bertz CT molecular complexity index is 1730. The number of alkyl halides is 3. The average molecular weight is 618 g/mol. The summed E-state index contributed by atoms with van der Waals surface area (Å²) in [5, 5.41) is 5.75. The van der Waals surface area contributed by atoms with Crippen LogP contribution in [0.2, 0.25) is 0 Å². The summed E-state index contributed by atoms with van der Waals surface area (Å²) in [4.78, 5) is 37.9. The molecule has 4 heterocycles. The van der Waals surface area contributed by atoms with Gasteiger partial charge in [0.15, 0.2) is 5.13 Å². The number of anilines is 3. The first-order valence-electron chi connectivity index (χ1n) is 12.9. The fourth-order valence-electron chi connectivity index (χ4n) is 5.14. The topological polar surface area (TPSA) is 115 Å². The number of thiazole rings is 1. The molecule has 15 heteroatoms. The van der Waals surface area contributed by atoms with E-state index in [1.807, 2.05) is 0 Å². The van der Waals surface area contributed by atoms with Gasteiger partial charge in [0.25, 0.3) is 11.8 Å². The fourth-order valence-corrected chi connectivity index (χ4v) is 6.39. The van der Waals surface area contributed by atoms with Gasteiger partial charge in [-0.1, -0.05) is 11.3 Å². The number of nitrogens with one attached hydrogen (secondary N) is 2. The van der Waals surface area contributed by atoms with Crippen LogP contribution in [0.1, 0.15) is 32.7 Å². The van der Waals surface area contributed by atoms with Crippen LogP contribution in [0, 0.1) is 5.82 Å². The van der Waals surface area contributed by atoms with Crippen LogP contribution < -0.4 is 25.0 Å². The Balaban J connectivity index is 1.32. The lowest BCUT2D eigenvalue weighted by Gasteiger charge is -2.52. The van der Waals surface area contributed by atoms with Gasteiger partial charge in [0.05, 0.1) is 66.5 Å². The zero-order valence-electron chi connectivity index (χ0n) is 22.6. The molecule has 224 valence electrons. The Labute approximate surface area is 245 Å². The van der Waals surface area contributed by atoms with E-state index >= 15 is 0 Å². The van der Waals surface area contributed by atoms with E-state index in [0.29, 0.717) is 35.6 Å². The zero-order valence-corrected chi connectivity index (χ0v) is 23.4. The maximum atomic E-state index is 13.8. The molecular weight excluding hydrogens is 594 g/mol. The van der Waals surface area contributed by atoms with E-state index in [-0.39, 0.29) is 46.2 Å². The summed E-state index contributed by atoms with van der Waals surface area (Å²) >= 11 is 1.34. The molecule has 2 aliphatic rings. The van der Waals surface area contributed by atoms with Crippen molar-refractivity contribution in [1.29, 1.82) is 0 Å². The molecular formula is C28H23F4N5O5S. The van der Waals surface area contributed by atoms with Crippen molar-refractivity contribution in [2.24, 2.45) is 0 Å². The summed E-state index contributed by atoms with van der Waals surface area (Å²) < 4.78 is 70.1. The number of fused-ring (bicyclic) bond motifs is 3. The highest BCUT2D eigenvalue weighted by molar-refractivity contribution is 7.22. The van der Waals surface area contributed by atoms with E-state index in [9.17, 15) is 27.2 Å². The molecule has 10 nitrogen and oxygen atoms in total. The number of carbonyl (C=O) groups excluding carboxylic acids is 2. The molecule has 2 saturated heterocycles. The van der Waals surface area contributed by atoms with Crippen LogP contribution in [0.5, 0.6) is 11.6 Å². The van der Waals surface area contributed by atoms with Gasteiger partial charge in [-0.15, -0.1) is 0 Å². The molecule has 2 aliphatic heterocycles. The number of halogens is 4. The molecule has 2 aromatic heterocycles. The summed E-state index contributed by atoms with van der Waals surface area (Å²) in [7, 11) is 2.76. The monoisotopic (exact) mass is 617 g/mol. The van der Waals surface area contributed by atoms with E-state index in [1.165, 1.54) is 31.6 Å². The zero-order chi connectivity index (χ0) is 30.5. The lowest BCUT2D eigenvalue weighted by atomic mass is 9.92. The van der Waals surface area contributed by atoms with E-state index in [2.05, 4.69) is 20.5 Å². The van der Waals surface area contributed by atoms with Crippen LogP contribution in [0.4, 0.5) is 34.1 Å². The third-order valence-corrected chi connectivity index (χ3v) is 8.34. The molecule has 2 N–H and O–H groups in total. The number of hydrogen-bond acceptors (Lipinski definition) is 9. The standard InChI is InChI=1S/C28H23F4N5O5S/c1-40-21-6-5-19-24(43-27(36-19)37-14-8-15(37)12-42-11-14)23(21)26(39)35-20-9-22(41-2)33-10-16(20)25(38)34-13-3-4-18(29)17(7-13)28(30,31)32/h3-7,9-10,14-15H,8,11-12H2,1-2H3,(H,34,38)(H,33,35,39). The van der Waals surface area contributed by atoms with Crippen LogP contribution in [-0.4, -0.2) is 61.3 Å². The third-order valence-electron chi connectivity index (χ3n) is 7.24. The van der Waals surface area contributed by atoms with Crippen molar-refractivity contribution in [2.45, 2.75) is 24.7 Å². The predicted molar refractivity (Wildman–Crippen MR) is 150 cm³/mol. The second-order valence-electron chi connectivity index (χ2n) is 9.85. The van der Waals surface area contributed by atoms with Gasteiger partial charge in [0, 0.05) is 18.0 Å². The number of aromatic nitrogens is 2. The number of amides is 2. The van der Waals surface area contributed by atoms with Gasteiger partial charge < -0.3 is 29.7 Å². The second kappa shape index (κ2) is 11.0. The Morgan fingerprint density at radius 2 is 1.81 bits per heavy atom. The number of pyridine rings is 1. The van der Waals surface area contributed by atoms with Crippen molar-refractivity contribution < 1.29 is 41.4 Å². The van der Waals surface area contributed by atoms with E-state index in [0.717, 1.165) is 23.8 Å². The van der Waals surface area contributed by atoms with Crippen LogP contribution in [-0.2, 0) is 10.9 Å². The summed E-state index contributed by atoms with van der Waals surface area (Å²) in [6.45, 7) is 1.21. The SMILES string of the molecule is COc1cc(NC(=O)c2c(OC)ccc3nc(N4C5COCC4C5)sc23)c(C(=O)Nc2ccc(F)c(C(F)(F)F)c2)cn1. The van der Waals surface area contributed by atoms with Crippen molar-refractivity contribution >= 4 is 49.9 Å². The number of ether oxygens (including phenoxy) is 3. The molecule has 2 amide bonds. The maximum absolute atomic E-state index is 13.8. The predicted octanol–water partition coefficient (Wildman–Crippen LogP) is 5.35. The number of rotatable bonds is 7. The summed E-state index contributed by atoms with van der Waals surface area (Å²) in [6, 6.07) is 7.18. The Kier molecular flexibility index (Phi) is 7.30. The lowest BCUT2D eigenvalue weighted by Crippen LogP contribution is -2.64. The van der Waals surface area contributed by atoms with Crippen LogP contribution in [0.3, 0.4) is 0 Å². The van der Waals surface area contributed by atoms with Crippen LogP contribution >= 0.6 is 11.3 Å². The summed E-state index contributed by atoms with van der Waals surface area (Å²) in [5.74, 6) is -2.69. The Hall–Kier alpha value is -4.50. The first kappa shape index (κ1) is 28.6. The molecule has 0 spiro atoms. The minimum Gasteiger partial charge on any atom is -0.496 e. The number of nitrogens with zero attached hydrogens (tertiary/aromatic N) is 3. The van der Waals surface area contributed by atoms with E-state index in [4.69, 9.17) is 19.2 Å². The fraction of sp³-hybridized carbons (Fsp3) is 0.286. The van der Waals surface area contributed by atoms with Gasteiger partial charge in [0.2, 0.25) is 5.88 Å². The summed E-state index contributed by atoms with van der Waals surface area (Å²) in [5.41, 5.74) is -1.30. The molecule has 2 aromatic carbocycles. The van der Waals surface area contributed by atoms with Gasteiger partial charge >= 0.3 is 6.18 Å². The smallest absolute Gasteiger partial charge is 0.419 e. The van der Waals surface area contributed by atoms with Crippen molar-refractivity contribution in [3.8, 4) is 11.6 Å². The maximum Gasteiger partial charge on any atom is 0.419 e. The van der Waals surface area contributed by atoms with Crippen molar-refractivity contribution in [3.05, 3.63) is 65.1 Å². The van der Waals surface area contributed by atoms with Crippen LogP contribution in [0.25, 0.3) is 10.2 Å². The quantitative estimate of drug-likeness (QED) is 0.267. The first-order valence-corrected chi connectivity index (χ1v) is 13.8. The Morgan fingerprint density at radius 3 is 2.49 bits per heavy atom. The Morgan fingerprint density at radius 1 is 1.05 bits per heavy atom. The number of benzene rings is 2. The first-order chi connectivity index (χ1) is 20.6. The molecule has 2 atom stereocenters. The molecule has 2 bridgehead atoms. The minimum atomic E-state index is -4.97. The number of morpholine rings is 1. The molecule has 0 radical (unpaired) electrons. The largest absolute Gasteiger partial charge is 0.496 e. The number of methoxy groups -OCH3 is 2. The second-order valence-corrected chi connectivity index (χ2v) is 10.8. The minimum absolute atomic E-state index is 0.0364. The van der Waals surface area contributed by atoms with Gasteiger partial charge in [-0.25, -0.2) is 14.4 Å². The highest BCUT2D eigenvalue weighted by Crippen LogP contribution is 2.42. The molecule has 0 saturated carbocycles. The summed E-state index contributed by atoms with van der Waals surface area (Å²) in [6.07, 6.45) is -2.85. The van der Waals surface area contributed by atoms with E-state index in [1.54, 1.807) is 12.1 Å².